The quantitative estimate of drug-likeness (QED) is 0.564. The molecule has 2 atom stereocenters. The van der Waals surface area contributed by atoms with Crippen molar-refractivity contribution in [2.45, 2.75) is 25.4 Å². The van der Waals surface area contributed by atoms with Gasteiger partial charge in [0.25, 0.3) is 0 Å². The van der Waals surface area contributed by atoms with E-state index >= 15 is 0 Å². The Hall–Kier alpha value is -1.25. The van der Waals surface area contributed by atoms with Crippen LogP contribution < -0.4 is 4.72 Å². The standard InChI is InChI=1S/C13H20NO7PS/c1-10(2)13(22(17,18)21-8-12(15)16)14-23(19,20)9-11-6-4-3-5-7-11/h3-7,10,13-14H,8-9H2,1-2H3,(H,15,16)(H,17,18)/t13-/m1/s1. The van der Waals surface area contributed by atoms with E-state index in [1.54, 1.807) is 30.3 Å². The first kappa shape index (κ1) is 19.8. The summed E-state index contributed by atoms with van der Waals surface area (Å²) in [4.78, 5) is 20.3. The molecule has 0 spiro atoms. The Bertz CT molecular complexity index is 675. The minimum absolute atomic E-state index is 0.365. The van der Waals surface area contributed by atoms with Crippen LogP contribution in [0.2, 0.25) is 0 Å². The van der Waals surface area contributed by atoms with Gasteiger partial charge in [-0.25, -0.2) is 13.2 Å². The molecule has 0 radical (unpaired) electrons. The predicted molar refractivity (Wildman–Crippen MR) is 84.2 cm³/mol. The maximum Gasteiger partial charge on any atom is 0.346 e. The summed E-state index contributed by atoms with van der Waals surface area (Å²) in [5.74, 6) is -3.80. The zero-order valence-electron chi connectivity index (χ0n) is 12.7. The molecule has 0 aromatic heterocycles. The Kier molecular flexibility index (Phi) is 6.91. The van der Waals surface area contributed by atoms with Gasteiger partial charge in [0.1, 0.15) is 5.78 Å². The lowest BCUT2D eigenvalue weighted by Gasteiger charge is -2.26. The molecule has 0 bridgehead atoms. The predicted octanol–water partition coefficient (Wildman–Crippen LogP) is 1.37. The van der Waals surface area contributed by atoms with Crippen LogP contribution in [0.1, 0.15) is 19.4 Å². The SMILES string of the molecule is CC(C)[C@H](NS(=O)(=O)Cc1ccccc1)P(=O)(O)OCC(=O)O. The highest BCUT2D eigenvalue weighted by molar-refractivity contribution is 7.89. The monoisotopic (exact) mass is 365 g/mol. The zero-order valence-corrected chi connectivity index (χ0v) is 14.5. The number of rotatable bonds is 9. The van der Waals surface area contributed by atoms with E-state index in [1.165, 1.54) is 13.8 Å². The van der Waals surface area contributed by atoms with E-state index in [1.807, 2.05) is 0 Å². The van der Waals surface area contributed by atoms with Gasteiger partial charge in [-0.1, -0.05) is 44.2 Å². The Balaban J connectivity index is 2.90. The highest BCUT2D eigenvalue weighted by atomic mass is 32.2. The number of carbonyl (C=O) groups is 1. The van der Waals surface area contributed by atoms with E-state index in [4.69, 9.17) is 5.11 Å². The highest BCUT2D eigenvalue weighted by Crippen LogP contribution is 2.49. The largest absolute Gasteiger partial charge is 0.480 e. The minimum atomic E-state index is -4.48. The first-order chi connectivity index (χ1) is 10.5. The summed E-state index contributed by atoms with van der Waals surface area (Å²) in [6.45, 7) is 2.07. The minimum Gasteiger partial charge on any atom is -0.480 e. The summed E-state index contributed by atoms with van der Waals surface area (Å²) >= 11 is 0. The topological polar surface area (TPSA) is 130 Å². The molecule has 0 saturated heterocycles. The molecule has 8 nitrogen and oxygen atoms in total. The Morgan fingerprint density at radius 2 is 1.87 bits per heavy atom. The average molecular weight is 365 g/mol. The molecule has 1 unspecified atom stereocenters. The summed E-state index contributed by atoms with van der Waals surface area (Å²) in [6.07, 6.45) is 0. The van der Waals surface area contributed by atoms with Crippen molar-refractivity contribution < 1.29 is 32.3 Å². The lowest BCUT2D eigenvalue weighted by Crippen LogP contribution is -2.39. The van der Waals surface area contributed by atoms with Gasteiger partial charge in [0.2, 0.25) is 10.0 Å². The fourth-order valence-corrected chi connectivity index (χ4v) is 5.41. The van der Waals surface area contributed by atoms with Crippen LogP contribution in [-0.4, -0.2) is 36.8 Å². The molecule has 0 saturated carbocycles. The van der Waals surface area contributed by atoms with Gasteiger partial charge >= 0.3 is 13.6 Å². The van der Waals surface area contributed by atoms with Crippen LogP contribution in [0.15, 0.2) is 30.3 Å². The molecule has 1 rings (SSSR count). The molecule has 1 aromatic rings. The molecule has 0 heterocycles. The van der Waals surface area contributed by atoms with Crippen molar-refractivity contribution in [1.82, 2.24) is 4.72 Å². The van der Waals surface area contributed by atoms with Crippen molar-refractivity contribution in [2.75, 3.05) is 6.61 Å². The third kappa shape index (κ3) is 6.80. The first-order valence-electron chi connectivity index (χ1n) is 6.76. The van der Waals surface area contributed by atoms with Crippen molar-refractivity contribution in [3.05, 3.63) is 35.9 Å². The molecular formula is C13H20NO7PS. The van der Waals surface area contributed by atoms with E-state index in [9.17, 15) is 22.7 Å². The number of benzene rings is 1. The lowest BCUT2D eigenvalue weighted by atomic mass is 10.2. The summed E-state index contributed by atoms with van der Waals surface area (Å²) in [5.41, 5.74) is 0.515. The Morgan fingerprint density at radius 3 is 2.35 bits per heavy atom. The summed E-state index contributed by atoms with van der Waals surface area (Å²) in [5, 5.41) is 8.53. The maximum atomic E-state index is 12.2. The van der Waals surface area contributed by atoms with Crippen LogP contribution in [-0.2, 0) is 29.7 Å². The first-order valence-corrected chi connectivity index (χ1v) is 10.1. The number of carboxylic acid groups (broad SMARTS) is 1. The molecule has 0 amide bonds. The summed E-state index contributed by atoms with van der Waals surface area (Å²) < 4.78 is 43.1. The van der Waals surface area contributed by atoms with Crippen molar-refractivity contribution in [3.63, 3.8) is 0 Å². The molecule has 1 aromatic carbocycles. The van der Waals surface area contributed by atoms with E-state index < -0.39 is 41.9 Å². The van der Waals surface area contributed by atoms with Crippen LogP contribution in [0.4, 0.5) is 0 Å². The molecule has 23 heavy (non-hydrogen) atoms. The highest BCUT2D eigenvalue weighted by Gasteiger charge is 2.38. The second-order valence-electron chi connectivity index (χ2n) is 5.28. The third-order valence-corrected chi connectivity index (χ3v) is 6.28. The Labute approximate surface area is 135 Å². The van der Waals surface area contributed by atoms with Crippen LogP contribution in [0, 0.1) is 5.92 Å². The van der Waals surface area contributed by atoms with Crippen LogP contribution in [0.3, 0.4) is 0 Å². The normalized spacial score (nSPS) is 16.0. The number of nitrogens with one attached hydrogen (secondary N) is 1. The number of hydrogen-bond donors (Lipinski definition) is 3. The molecule has 130 valence electrons. The molecule has 0 aliphatic carbocycles. The lowest BCUT2D eigenvalue weighted by molar-refractivity contribution is -0.139. The Morgan fingerprint density at radius 1 is 1.30 bits per heavy atom. The van der Waals surface area contributed by atoms with Crippen molar-refractivity contribution in [1.29, 1.82) is 0 Å². The van der Waals surface area contributed by atoms with Gasteiger partial charge in [0, 0.05) is 0 Å². The van der Waals surface area contributed by atoms with Crippen molar-refractivity contribution in [3.8, 4) is 0 Å². The number of carboxylic acids is 1. The second-order valence-corrected chi connectivity index (χ2v) is 8.98. The zero-order chi connectivity index (χ0) is 17.7. The van der Waals surface area contributed by atoms with Gasteiger partial charge in [-0.2, -0.15) is 4.72 Å². The fourth-order valence-electron chi connectivity index (χ4n) is 1.83. The van der Waals surface area contributed by atoms with Gasteiger partial charge in [0.15, 0.2) is 6.61 Å². The van der Waals surface area contributed by atoms with Gasteiger partial charge in [-0.3, -0.25) is 9.09 Å². The van der Waals surface area contributed by atoms with Crippen LogP contribution in [0.25, 0.3) is 0 Å². The molecule has 0 aliphatic rings. The van der Waals surface area contributed by atoms with Crippen LogP contribution >= 0.6 is 7.60 Å². The molecule has 0 aliphatic heterocycles. The molecule has 10 heteroatoms. The average Bonchev–Trinajstić information content (AvgIpc) is 2.43. The molecule has 0 fully saturated rings. The number of sulfonamides is 1. The molecular weight excluding hydrogens is 345 g/mol. The second kappa shape index (κ2) is 8.03. The maximum absolute atomic E-state index is 12.2. The number of hydrogen-bond acceptors (Lipinski definition) is 5. The third-order valence-electron chi connectivity index (χ3n) is 2.86. The smallest absolute Gasteiger partial charge is 0.346 e. The van der Waals surface area contributed by atoms with Gasteiger partial charge in [-0.15, -0.1) is 0 Å². The van der Waals surface area contributed by atoms with E-state index in [0.717, 1.165) is 0 Å². The van der Waals surface area contributed by atoms with Crippen molar-refractivity contribution >= 4 is 23.6 Å². The van der Waals surface area contributed by atoms with Gasteiger partial charge in [0.05, 0.1) is 5.75 Å². The van der Waals surface area contributed by atoms with Gasteiger partial charge < -0.3 is 10.00 Å². The summed E-state index contributed by atoms with van der Waals surface area (Å²) in [6, 6.07) is 8.32. The van der Waals surface area contributed by atoms with Crippen LogP contribution in [0.5, 0.6) is 0 Å². The molecule has 3 N–H and O–H groups in total. The van der Waals surface area contributed by atoms with Crippen molar-refractivity contribution in [2.24, 2.45) is 5.92 Å². The number of aliphatic carboxylic acids is 1. The van der Waals surface area contributed by atoms with E-state index in [2.05, 4.69) is 9.25 Å². The fraction of sp³-hybridized carbons (Fsp3) is 0.462. The van der Waals surface area contributed by atoms with E-state index in [-0.39, 0.29) is 5.75 Å². The van der Waals surface area contributed by atoms with E-state index in [0.29, 0.717) is 5.56 Å². The van der Waals surface area contributed by atoms with Gasteiger partial charge in [-0.05, 0) is 11.5 Å². The summed E-state index contributed by atoms with van der Waals surface area (Å²) in [7, 11) is -8.40.